The summed E-state index contributed by atoms with van der Waals surface area (Å²) in [5.74, 6) is -0.698. The Morgan fingerprint density at radius 3 is 2.57 bits per heavy atom. The number of alkyl halides is 3. The van der Waals surface area contributed by atoms with Gasteiger partial charge in [-0.3, -0.25) is 0 Å². The molecule has 0 radical (unpaired) electrons. The second-order valence-corrected chi connectivity index (χ2v) is 5.89. The molecule has 0 bridgehead atoms. The molecular formula is C11H9F4N3O2S. The Hall–Kier alpha value is -2.10. The van der Waals surface area contributed by atoms with Crippen LogP contribution >= 0.6 is 0 Å². The second kappa shape index (κ2) is 5.35. The van der Waals surface area contributed by atoms with Gasteiger partial charge in [0.05, 0.1) is 12.2 Å². The summed E-state index contributed by atoms with van der Waals surface area (Å²) in [5.41, 5.74) is -5.87. The second-order valence-electron chi connectivity index (χ2n) is 3.98. The average Bonchev–Trinajstić information content (AvgIpc) is 2.89. The number of sulfone groups is 1. The maximum absolute atomic E-state index is 13.1. The standard InChI is InChI=1S/C11H9F4N3O2S/c12-7-1-2-8(18-6-10-16-3-4-17-10)9(5-7)21(19,20)11(13,14)15/h1-5,18H,6H2,(H,16,17). The number of nitrogens with zero attached hydrogens (tertiary/aromatic N) is 1. The van der Waals surface area contributed by atoms with Crippen LogP contribution in [-0.4, -0.2) is 23.9 Å². The normalized spacial score (nSPS) is 12.4. The number of halogens is 4. The molecule has 114 valence electrons. The number of aromatic amines is 1. The van der Waals surface area contributed by atoms with Crippen LogP contribution in [0.2, 0.25) is 0 Å². The Labute approximate surface area is 116 Å². The predicted octanol–water partition coefficient (Wildman–Crippen LogP) is 2.45. The van der Waals surface area contributed by atoms with Crippen molar-refractivity contribution < 1.29 is 26.0 Å². The minimum atomic E-state index is -5.65. The molecule has 0 saturated heterocycles. The van der Waals surface area contributed by atoms with Crippen molar-refractivity contribution in [2.45, 2.75) is 16.9 Å². The summed E-state index contributed by atoms with van der Waals surface area (Å²) in [5, 5.41) is 2.48. The summed E-state index contributed by atoms with van der Waals surface area (Å²) in [6.07, 6.45) is 2.92. The molecule has 0 aliphatic heterocycles. The van der Waals surface area contributed by atoms with Crippen molar-refractivity contribution in [3.8, 4) is 0 Å². The van der Waals surface area contributed by atoms with Gasteiger partial charge in [0, 0.05) is 12.4 Å². The first-order chi connectivity index (χ1) is 9.72. The third-order valence-electron chi connectivity index (χ3n) is 2.54. The first kappa shape index (κ1) is 15.3. The highest BCUT2D eigenvalue weighted by Crippen LogP contribution is 2.34. The highest BCUT2D eigenvalue weighted by molar-refractivity contribution is 7.92. The van der Waals surface area contributed by atoms with E-state index in [0.717, 1.165) is 12.1 Å². The lowest BCUT2D eigenvalue weighted by molar-refractivity contribution is -0.0435. The molecule has 1 aromatic carbocycles. The van der Waals surface area contributed by atoms with Gasteiger partial charge < -0.3 is 10.3 Å². The SMILES string of the molecule is O=S(=O)(c1cc(F)ccc1NCc1ncc[nH]1)C(F)(F)F. The molecule has 0 amide bonds. The van der Waals surface area contributed by atoms with Gasteiger partial charge in [-0.2, -0.15) is 13.2 Å². The van der Waals surface area contributed by atoms with Gasteiger partial charge in [0.1, 0.15) is 16.5 Å². The first-order valence-electron chi connectivity index (χ1n) is 5.55. The predicted molar refractivity (Wildman–Crippen MR) is 65.6 cm³/mol. The summed E-state index contributed by atoms with van der Waals surface area (Å²) in [4.78, 5) is 5.35. The minimum Gasteiger partial charge on any atom is -0.377 e. The van der Waals surface area contributed by atoms with Crippen molar-refractivity contribution in [1.29, 1.82) is 0 Å². The van der Waals surface area contributed by atoms with E-state index in [1.165, 1.54) is 12.4 Å². The quantitative estimate of drug-likeness (QED) is 0.848. The third-order valence-corrected chi connectivity index (χ3v) is 4.07. The molecule has 0 fully saturated rings. The number of hydrogen-bond donors (Lipinski definition) is 2. The van der Waals surface area contributed by atoms with Gasteiger partial charge in [0.15, 0.2) is 0 Å². The maximum atomic E-state index is 13.1. The van der Waals surface area contributed by atoms with E-state index >= 15 is 0 Å². The van der Waals surface area contributed by atoms with Gasteiger partial charge in [0.2, 0.25) is 0 Å². The fourth-order valence-corrected chi connectivity index (χ4v) is 2.51. The van der Waals surface area contributed by atoms with Crippen molar-refractivity contribution in [3.05, 3.63) is 42.2 Å². The van der Waals surface area contributed by atoms with Gasteiger partial charge in [-0.05, 0) is 18.2 Å². The zero-order valence-electron chi connectivity index (χ0n) is 10.3. The van der Waals surface area contributed by atoms with Crippen LogP contribution in [0.5, 0.6) is 0 Å². The van der Waals surface area contributed by atoms with E-state index in [-0.39, 0.29) is 12.2 Å². The number of anilines is 1. The highest BCUT2D eigenvalue weighted by Gasteiger charge is 2.48. The Morgan fingerprint density at radius 1 is 1.29 bits per heavy atom. The third kappa shape index (κ3) is 3.15. The van der Waals surface area contributed by atoms with E-state index in [1.54, 1.807) is 0 Å². The van der Waals surface area contributed by atoms with Crippen molar-refractivity contribution >= 4 is 15.5 Å². The van der Waals surface area contributed by atoms with Crippen LogP contribution in [0.4, 0.5) is 23.2 Å². The summed E-state index contributed by atoms with van der Waals surface area (Å²) < 4.78 is 73.7. The Morgan fingerprint density at radius 2 is 2.00 bits per heavy atom. The maximum Gasteiger partial charge on any atom is 0.501 e. The van der Waals surface area contributed by atoms with Gasteiger partial charge in [-0.1, -0.05) is 0 Å². The molecule has 0 unspecified atom stereocenters. The zero-order chi connectivity index (χ0) is 15.7. The van der Waals surface area contributed by atoms with Gasteiger partial charge in [0.25, 0.3) is 9.84 Å². The van der Waals surface area contributed by atoms with Gasteiger partial charge >= 0.3 is 5.51 Å². The number of rotatable bonds is 4. The Bertz CT molecular complexity index is 726. The summed E-state index contributed by atoms with van der Waals surface area (Å²) in [7, 11) is -5.65. The van der Waals surface area contributed by atoms with Crippen LogP contribution in [0.3, 0.4) is 0 Å². The largest absolute Gasteiger partial charge is 0.501 e. The van der Waals surface area contributed by atoms with Crippen molar-refractivity contribution in [2.24, 2.45) is 0 Å². The molecule has 1 heterocycles. The lowest BCUT2D eigenvalue weighted by Crippen LogP contribution is -2.24. The van der Waals surface area contributed by atoms with Crippen molar-refractivity contribution in [3.63, 3.8) is 0 Å². The number of hydrogen-bond acceptors (Lipinski definition) is 4. The lowest BCUT2D eigenvalue weighted by Gasteiger charge is -2.13. The lowest BCUT2D eigenvalue weighted by atomic mass is 10.3. The fourth-order valence-electron chi connectivity index (χ4n) is 1.56. The molecule has 10 heteroatoms. The van der Waals surface area contributed by atoms with E-state index in [9.17, 15) is 26.0 Å². The Kier molecular flexibility index (Phi) is 3.90. The molecule has 21 heavy (non-hydrogen) atoms. The van der Waals surface area contributed by atoms with E-state index in [0.29, 0.717) is 11.9 Å². The van der Waals surface area contributed by atoms with E-state index in [4.69, 9.17) is 0 Å². The number of aromatic nitrogens is 2. The van der Waals surface area contributed by atoms with Gasteiger partial charge in [-0.15, -0.1) is 0 Å². The number of benzene rings is 1. The van der Waals surface area contributed by atoms with E-state index in [2.05, 4.69) is 15.3 Å². The van der Waals surface area contributed by atoms with Crippen LogP contribution in [0.15, 0.2) is 35.5 Å². The summed E-state index contributed by atoms with van der Waals surface area (Å²) in [6, 6.07) is 2.12. The smallest absolute Gasteiger partial charge is 0.377 e. The molecule has 2 rings (SSSR count). The molecule has 1 aromatic heterocycles. The molecule has 0 aliphatic carbocycles. The highest BCUT2D eigenvalue weighted by atomic mass is 32.2. The molecule has 2 N–H and O–H groups in total. The number of H-pyrrole nitrogens is 1. The van der Waals surface area contributed by atoms with Crippen LogP contribution in [0.1, 0.15) is 5.82 Å². The molecule has 2 aromatic rings. The zero-order valence-corrected chi connectivity index (χ0v) is 11.1. The van der Waals surface area contributed by atoms with Crippen LogP contribution < -0.4 is 5.32 Å². The monoisotopic (exact) mass is 323 g/mol. The molecular weight excluding hydrogens is 314 g/mol. The number of nitrogens with one attached hydrogen (secondary N) is 2. The van der Waals surface area contributed by atoms with E-state index < -0.39 is 26.1 Å². The summed E-state index contributed by atoms with van der Waals surface area (Å²) in [6.45, 7) is -0.0426. The Balaban J connectivity index is 2.39. The minimum absolute atomic E-state index is 0.0426. The summed E-state index contributed by atoms with van der Waals surface area (Å²) >= 11 is 0. The fraction of sp³-hybridized carbons (Fsp3) is 0.182. The van der Waals surface area contributed by atoms with Crippen LogP contribution in [0, 0.1) is 5.82 Å². The van der Waals surface area contributed by atoms with Crippen molar-refractivity contribution in [1.82, 2.24) is 9.97 Å². The topological polar surface area (TPSA) is 74.8 Å². The van der Waals surface area contributed by atoms with Crippen LogP contribution in [0.25, 0.3) is 0 Å². The van der Waals surface area contributed by atoms with E-state index in [1.807, 2.05) is 0 Å². The average molecular weight is 323 g/mol. The van der Waals surface area contributed by atoms with Gasteiger partial charge in [-0.25, -0.2) is 17.8 Å². The van der Waals surface area contributed by atoms with Crippen LogP contribution in [-0.2, 0) is 16.4 Å². The van der Waals surface area contributed by atoms with Crippen molar-refractivity contribution in [2.75, 3.05) is 5.32 Å². The number of imidazole rings is 1. The molecule has 0 aliphatic rings. The molecule has 0 atom stereocenters. The molecule has 0 spiro atoms. The first-order valence-corrected chi connectivity index (χ1v) is 7.03. The molecule has 0 saturated carbocycles. The molecule has 5 nitrogen and oxygen atoms in total.